The molecule has 2 heterocycles. The number of benzene rings is 1. The van der Waals surface area contributed by atoms with Crippen LogP contribution in [-0.2, 0) is 11.2 Å². The van der Waals surface area contributed by atoms with Crippen molar-refractivity contribution in [3.63, 3.8) is 0 Å². The molecule has 2 aliphatic heterocycles. The van der Waals surface area contributed by atoms with Gasteiger partial charge in [-0.2, -0.15) is 0 Å². The number of nitrogens with one attached hydrogen (secondary N) is 1. The molecule has 0 unspecified atom stereocenters. The van der Waals surface area contributed by atoms with Gasteiger partial charge in [0.05, 0.1) is 13.0 Å². The molecule has 3 rings (SSSR count). The maximum Gasteiger partial charge on any atom is 0.226 e. The zero-order valence-electron chi connectivity index (χ0n) is 13.3. The van der Waals surface area contributed by atoms with Gasteiger partial charge in [-0.1, -0.05) is 6.07 Å². The number of fused-ring (bicyclic) bond motifs is 1. The van der Waals surface area contributed by atoms with Crippen molar-refractivity contribution in [1.29, 1.82) is 0 Å². The first-order valence-electron chi connectivity index (χ1n) is 7.95. The Kier molecular flexibility index (Phi) is 4.52. The van der Waals surface area contributed by atoms with E-state index in [9.17, 15) is 4.79 Å². The van der Waals surface area contributed by atoms with E-state index in [4.69, 9.17) is 9.47 Å². The molecule has 0 aliphatic carbocycles. The lowest BCUT2D eigenvalue weighted by Gasteiger charge is -2.26. The highest BCUT2D eigenvalue weighted by Gasteiger charge is 2.28. The van der Waals surface area contributed by atoms with Crippen LogP contribution in [0.15, 0.2) is 18.2 Å². The molecule has 2 atom stereocenters. The van der Waals surface area contributed by atoms with Crippen LogP contribution in [0.3, 0.4) is 0 Å². The Bertz CT molecular complexity index is 547. The summed E-state index contributed by atoms with van der Waals surface area (Å²) in [6.45, 7) is 2.30. The molecule has 1 aromatic carbocycles. The topological polar surface area (TPSA) is 50.8 Å². The molecule has 120 valence electrons. The normalized spacial score (nSPS) is 24.5. The standard InChI is InChI=1S/C17H24N2O3/c1-19-7-3-4-14(19)10-18-17(20)13-8-12-5-6-15(21-2)9-16(12)22-11-13/h5-6,9,13-14H,3-4,7-8,10-11H2,1-2H3,(H,18,20)/t13-,14-/m1/s1. The van der Waals surface area contributed by atoms with E-state index < -0.39 is 0 Å². The average Bonchev–Trinajstić information content (AvgIpc) is 2.96. The smallest absolute Gasteiger partial charge is 0.226 e. The van der Waals surface area contributed by atoms with E-state index in [0.29, 0.717) is 12.6 Å². The van der Waals surface area contributed by atoms with Gasteiger partial charge >= 0.3 is 0 Å². The van der Waals surface area contributed by atoms with Gasteiger partial charge < -0.3 is 19.7 Å². The summed E-state index contributed by atoms with van der Waals surface area (Å²) in [5.74, 6) is 1.61. The summed E-state index contributed by atoms with van der Waals surface area (Å²) in [7, 11) is 3.76. The number of ether oxygens (including phenoxy) is 2. The van der Waals surface area contributed by atoms with Gasteiger partial charge in [-0.3, -0.25) is 4.79 Å². The number of amides is 1. The van der Waals surface area contributed by atoms with Gasteiger partial charge in [0.2, 0.25) is 5.91 Å². The summed E-state index contributed by atoms with van der Waals surface area (Å²) >= 11 is 0. The number of carbonyl (C=O) groups is 1. The quantitative estimate of drug-likeness (QED) is 0.915. The van der Waals surface area contributed by atoms with E-state index in [1.807, 2.05) is 18.2 Å². The highest BCUT2D eigenvalue weighted by atomic mass is 16.5. The number of hydrogen-bond donors (Lipinski definition) is 1. The van der Waals surface area contributed by atoms with Crippen LogP contribution in [-0.4, -0.2) is 50.7 Å². The van der Waals surface area contributed by atoms with Crippen molar-refractivity contribution in [2.75, 3.05) is 33.9 Å². The van der Waals surface area contributed by atoms with Crippen LogP contribution >= 0.6 is 0 Å². The third kappa shape index (κ3) is 3.19. The molecule has 22 heavy (non-hydrogen) atoms. The van der Waals surface area contributed by atoms with Crippen LogP contribution in [0.25, 0.3) is 0 Å². The lowest BCUT2D eigenvalue weighted by molar-refractivity contribution is -0.126. The van der Waals surface area contributed by atoms with Crippen LogP contribution in [0, 0.1) is 5.92 Å². The first-order chi connectivity index (χ1) is 10.7. The van der Waals surface area contributed by atoms with Crippen molar-refractivity contribution in [2.45, 2.75) is 25.3 Å². The Balaban J connectivity index is 1.56. The number of likely N-dealkylation sites (N-methyl/N-ethyl adjacent to an activating group) is 1. The highest BCUT2D eigenvalue weighted by Crippen LogP contribution is 2.31. The Morgan fingerprint density at radius 3 is 3.09 bits per heavy atom. The molecule has 1 amide bonds. The fourth-order valence-corrected chi connectivity index (χ4v) is 3.25. The van der Waals surface area contributed by atoms with E-state index in [1.165, 1.54) is 12.8 Å². The molecular formula is C17H24N2O3. The predicted molar refractivity (Wildman–Crippen MR) is 84.3 cm³/mol. The highest BCUT2D eigenvalue weighted by molar-refractivity contribution is 5.79. The minimum absolute atomic E-state index is 0.0989. The Hall–Kier alpha value is -1.75. The van der Waals surface area contributed by atoms with Gasteiger partial charge in [-0.05, 0) is 44.5 Å². The molecule has 1 N–H and O–H groups in total. The first-order valence-corrected chi connectivity index (χ1v) is 7.95. The Labute approximate surface area is 131 Å². The second-order valence-electron chi connectivity index (χ2n) is 6.21. The van der Waals surface area contributed by atoms with Crippen LogP contribution in [0.4, 0.5) is 0 Å². The lowest BCUT2D eigenvalue weighted by atomic mass is 9.96. The van der Waals surface area contributed by atoms with Gasteiger partial charge in [0.25, 0.3) is 0 Å². The van der Waals surface area contributed by atoms with Crippen molar-refractivity contribution >= 4 is 5.91 Å². The zero-order chi connectivity index (χ0) is 15.5. The summed E-state index contributed by atoms with van der Waals surface area (Å²) < 4.78 is 10.9. The number of carbonyl (C=O) groups excluding carboxylic acids is 1. The van der Waals surface area contributed by atoms with Crippen molar-refractivity contribution in [3.8, 4) is 11.5 Å². The monoisotopic (exact) mass is 304 g/mol. The molecule has 1 fully saturated rings. The summed E-state index contributed by atoms with van der Waals surface area (Å²) in [4.78, 5) is 14.7. The molecular weight excluding hydrogens is 280 g/mol. The van der Waals surface area contributed by atoms with E-state index in [0.717, 1.165) is 36.6 Å². The van der Waals surface area contributed by atoms with Gasteiger partial charge in [-0.25, -0.2) is 0 Å². The van der Waals surface area contributed by atoms with Crippen LogP contribution in [0.5, 0.6) is 11.5 Å². The van der Waals surface area contributed by atoms with Crippen molar-refractivity contribution < 1.29 is 14.3 Å². The zero-order valence-corrected chi connectivity index (χ0v) is 13.3. The molecule has 1 saturated heterocycles. The molecule has 0 spiro atoms. The molecule has 0 saturated carbocycles. The predicted octanol–water partition coefficient (Wildman–Crippen LogP) is 1.46. The van der Waals surface area contributed by atoms with Crippen LogP contribution in [0.1, 0.15) is 18.4 Å². The first kappa shape index (κ1) is 15.2. The van der Waals surface area contributed by atoms with Gasteiger partial charge in [0.1, 0.15) is 18.1 Å². The molecule has 0 aromatic heterocycles. The van der Waals surface area contributed by atoms with Crippen molar-refractivity contribution in [3.05, 3.63) is 23.8 Å². The molecule has 2 aliphatic rings. The van der Waals surface area contributed by atoms with E-state index >= 15 is 0 Å². The van der Waals surface area contributed by atoms with Crippen molar-refractivity contribution in [1.82, 2.24) is 10.2 Å². The largest absolute Gasteiger partial charge is 0.497 e. The fraction of sp³-hybridized carbons (Fsp3) is 0.588. The third-order valence-electron chi connectivity index (χ3n) is 4.73. The average molecular weight is 304 g/mol. The van der Waals surface area contributed by atoms with Crippen LogP contribution < -0.4 is 14.8 Å². The maximum atomic E-state index is 12.4. The minimum atomic E-state index is -0.104. The summed E-state index contributed by atoms with van der Waals surface area (Å²) in [6.07, 6.45) is 3.12. The summed E-state index contributed by atoms with van der Waals surface area (Å²) in [6, 6.07) is 6.26. The summed E-state index contributed by atoms with van der Waals surface area (Å²) in [5.41, 5.74) is 1.07. The van der Waals surface area contributed by atoms with E-state index in [2.05, 4.69) is 17.3 Å². The number of rotatable bonds is 4. The van der Waals surface area contributed by atoms with E-state index in [1.54, 1.807) is 7.11 Å². The number of nitrogens with zero attached hydrogens (tertiary/aromatic N) is 1. The van der Waals surface area contributed by atoms with E-state index in [-0.39, 0.29) is 11.8 Å². The van der Waals surface area contributed by atoms with Gasteiger partial charge in [0.15, 0.2) is 0 Å². The fourth-order valence-electron chi connectivity index (χ4n) is 3.25. The second-order valence-corrected chi connectivity index (χ2v) is 6.21. The third-order valence-corrected chi connectivity index (χ3v) is 4.73. The Morgan fingerprint density at radius 2 is 2.36 bits per heavy atom. The van der Waals surface area contributed by atoms with Gasteiger partial charge in [0, 0.05) is 18.7 Å². The number of hydrogen-bond acceptors (Lipinski definition) is 4. The number of methoxy groups -OCH3 is 1. The van der Waals surface area contributed by atoms with Crippen LogP contribution in [0.2, 0.25) is 0 Å². The number of likely N-dealkylation sites (tertiary alicyclic amines) is 1. The molecule has 0 radical (unpaired) electrons. The maximum absolute atomic E-state index is 12.4. The molecule has 5 heteroatoms. The molecule has 0 bridgehead atoms. The SMILES string of the molecule is COc1ccc2c(c1)OC[C@H](C(=O)NC[C@H]1CCCN1C)C2. The minimum Gasteiger partial charge on any atom is -0.497 e. The second kappa shape index (κ2) is 6.57. The Morgan fingerprint density at radius 1 is 1.50 bits per heavy atom. The molecule has 5 nitrogen and oxygen atoms in total. The van der Waals surface area contributed by atoms with Gasteiger partial charge in [-0.15, -0.1) is 0 Å². The van der Waals surface area contributed by atoms with Crippen molar-refractivity contribution in [2.24, 2.45) is 5.92 Å². The summed E-state index contributed by atoms with van der Waals surface area (Å²) in [5, 5.41) is 3.09. The molecule has 1 aromatic rings. The lowest BCUT2D eigenvalue weighted by Crippen LogP contribution is -2.43.